The van der Waals surface area contributed by atoms with E-state index in [-0.39, 0.29) is 17.2 Å². The number of aliphatic hydroxyl groups excluding tert-OH is 1. The maximum Gasteiger partial charge on any atom is 0.272 e. The van der Waals surface area contributed by atoms with Gasteiger partial charge in [-0.1, -0.05) is 18.2 Å². The van der Waals surface area contributed by atoms with E-state index in [4.69, 9.17) is 5.11 Å². The predicted octanol–water partition coefficient (Wildman–Crippen LogP) is 2.25. The van der Waals surface area contributed by atoms with Crippen LogP contribution in [0.2, 0.25) is 0 Å². The molecular formula is C11H15NO3S. The van der Waals surface area contributed by atoms with E-state index >= 15 is 0 Å². The van der Waals surface area contributed by atoms with Gasteiger partial charge >= 0.3 is 0 Å². The van der Waals surface area contributed by atoms with Gasteiger partial charge in [-0.25, -0.2) is 0 Å². The number of nitro benzene ring substituents is 1. The van der Waals surface area contributed by atoms with E-state index in [1.54, 1.807) is 23.9 Å². The van der Waals surface area contributed by atoms with Crippen LogP contribution in [-0.4, -0.2) is 28.1 Å². The van der Waals surface area contributed by atoms with Crippen LogP contribution in [0, 0.1) is 10.1 Å². The van der Waals surface area contributed by atoms with Gasteiger partial charge < -0.3 is 5.11 Å². The first-order valence-corrected chi connectivity index (χ1v) is 6.32. The molecule has 0 aliphatic rings. The Bertz CT molecular complexity index is 344. The normalized spacial score (nSPS) is 10.3. The van der Waals surface area contributed by atoms with E-state index < -0.39 is 0 Å². The number of rotatable bonds is 7. The minimum Gasteiger partial charge on any atom is -0.396 e. The summed E-state index contributed by atoms with van der Waals surface area (Å²) in [5.41, 5.74) is 0.981. The van der Waals surface area contributed by atoms with Crippen LogP contribution in [-0.2, 0) is 6.42 Å². The minimum absolute atomic E-state index is 0.199. The lowest BCUT2D eigenvalue weighted by atomic mass is 10.1. The van der Waals surface area contributed by atoms with Crippen LogP contribution in [0.4, 0.5) is 5.69 Å². The lowest BCUT2D eigenvalue weighted by Crippen LogP contribution is -1.97. The summed E-state index contributed by atoms with van der Waals surface area (Å²) in [5.74, 6) is 1.75. The summed E-state index contributed by atoms with van der Waals surface area (Å²) < 4.78 is 0. The molecule has 0 spiro atoms. The van der Waals surface area contributed by atoms with Crippen LogP contribution in [0.3, 0.4) is 0 Å². The number of hydrogen-bond donors (Lipinski definition) is 1. The molecule has 1 aromatic rings. The van der Waals surface area contributed by atoms with E-state index in [9.17, 15) is 10.1 Å². The number of benzene rings is 1. The van der Waals surface area contributed by atoms with Gasteiger partial charge in [-0.05, 0) is 24.3 Å². The summed E-state index contributed by atoms with van der Waals surface area (Å²) in [5, 5.41) is 19.3. The van der Waals surface area contributed by atoms with Crippen LogP contribution in [0.1, 0.15) is 12.0 Å². The highest BCUT2D eigenvalue weighted by Gasteiger charge is 2.11. The van der Waals surface area contributed by atoms with E-state index in [1.807, 2.05) is 6.07 Å². The molecular weight excluding hydrogens is 226 g/mol. The SMILES string of the molecule is O=[N+]([O-])c1ccccc1CCSCCCO. The second-order valence-corrected chi connectivity index (χ2v) is 4.55. The van der Waals surface area contributed by atoms with Crippen molar-refractivity contribution in [1.82, 2.24) is 0 Å². The van der Waals surface area contributed by atoms with Gasteiger partial charge in [-0.2, -0.15) is 11.8 Å². The molecule has 0 fully saturated rings. The predicted molar refractivity (Wildman–Crippen MR) is 65.8 cm³/mol. The molecule has 0 atom stereocenters. The largest absolute Gasteiger partial charge is 0.396 e. The van der Waals surface area contributed by atoms with Crippen molar-refractivity contribution in [3.63, 3.8) is 0 Å². The lowest BCUT2D eigenvalue weighted by Gasteiger charge is -2.02. The van der Waals surface area contributed by atoms with Gasteiger partial charge in [0, 0.05) is 18.2 Å². The Morgan fingerprint density at radius 1 is 1.31 bits per heavy atom. The van der Waals surface area contributed by atoms with Crippen molar-refractivity contribution >= 4 is 17.4 Å². The Labute approximate surface area is 98.8 Å². The fourth-order valence-electron chi connectivity index (χ4n) is 1.35. The zero-order valence-electron chi connectivity index (χ0n) is 8.96. The number of nitrogens with zero attached hydrogens (tertiary/aromatic N) is 1. The molecule has 1 N–H and O–H groups in total. The fourth-order valence-corrected chi connectivity index (χ4v) is 2.25. The van der Waals surface area contributed by atoms with Crippen molar-refractivity contribution in [2.24, 2.45) is 0 Å². The molecule has 1 aromatic carbocycles. The third kappa shape index (κ3) is 4.20. The van der Waals surface area contributed by atoms with Crippen molar-refractivity contribution in [3.05, 3.63) is 39.9 Å². The molecule has 0 aliphatic carbocycles. The van der Waals surface area contributed by atoms with Crippen LogP contribution in [0.5, 0.6) is 0 Å². The molecule has 0 aromatic heterocycles. The molecule has 0 bridgehead atoms. The molecule has 0 radical (unpaired) electrons. The van der Waals surface area contributed by atoms with Crippen molar-refractivity contribution in [1.29, 1.82) is 0 Å². The second-order valence-electron chi connectivity index (χ2n) is 3.33. The Kier molecular flexibility index (Phi) is 5.88. The van der Waals surface area contributed by atoms with Gasteiger partial charge in [-0.15, -0.1) is 0 Å². The fraction of sp³-hybridized carbons (Fsp3) is 0.455. The zero-order valence-corrected chi connectivity index (χ0v) is 9.78. The van der Waals surface area contributed by atoms with E-state index in [0.29, 0.717) is 6.42 Å². The molecule has 0 unspecified atom stereocenters. The highest BCUT2D eigenvalue weighted by Crippen LogP contribution is 2.19. The van der Waals surface area contributed by atoms with E-state index in [1.165, 1.54) is 6.07 Å². The first kappa shape index (κ1) is 13.0. The second kappa shape index (κ2) is 7.24. The number of aliphatic hydroxyl groups is 1. The molecule has 0 heterocycles. The maximum absolute atomic E-state index is 10.7. The molecule has 0 saturated heterocycles. The van der Waals surface area contributed by atoms with Gasteiger partial charge in [0.1, 0.15) is 0 Å². The van der Waals surface area contributed by atoms with E-state index in [0.717, 1.165) is 23.5 Å². The monoisotopic (exact) mass is 241 g/mol. The van der Waals surface area contributed by atoms with Gasteiger partial charge in [0.2, 0.25) is 0 Å². The first-order chi connectivity index (χ1) is 7.75. The standard InChI is InChI=1S/C11H15NO3S/c13-7-3-8-16-9-6-10-4-1-2-5-11(10)12(14)15/h1-2,4-5,13H,3,6-9H2. The van der Waals surface area contributed by atoms with Crippen molar-refractivity contribution < 1.29 is 10.0 Å². The summed E-state index contributed by atoms with van der Waals surface area (Å²) in [7, 11) is 0. The van der Waals surface area contributed by atoms with Crippen LogP contribution in [0.25, 0.3) is 0 Å². The molecule has 1 rings (SSSR count). The third-order valence-corrected chi connectivity index (χ3v) is 3.22. The number of thioether (sulfide) groups is 1. The molecule has 0 amide bonds. The topological polar surface area (TPSA) is 63.4 Å². The Morgan fingerprint density at radius 2 is 2.06 bits per heavy atom. The van der Waals surface area contributed by atoms with Gasteiger partial charge in [0.05, 0.1) is 4.92 Å². The summed E-state index contributed by atoms with van der Waals surface area (Å²) in [6.07, 6.45) is 1.48. The van der Waals surface area contributed by atoms with Crippen LogP contribution in [0.15, 0.2) is 24.3 Å². The summed E-state index contributed by atoms with van der Waals surface area (Å²) in [6, 6.07) is 6.83. The van der Waals surface area contributed by atoms with Gasteiger partial charge in [0.15, 0.2) is 0 Å². The maximum atomic E-state index is 10.7. The highest BCUT2D eigenvalue weighted by atomic mass is 32.2. The van der Waals surface area contributed by atoms with Crippen molar-refractivity contribution in [2.75, 3.05) is 18.1 Å². The Morgan fingerprint density at radius 3 is 2.75 bits per heavy atom. The number of para-hydroxylation sites is 1. The summed E-state index contributed by atoms with van der Waals surface area (Å²) in [4.78, 5) is 10.4. The first-order valence-electron chi connectivity index (χ1n) is 5.16. The van der Waals surface area contributed by atoms with Crippen LogP contribution < -0.4 is 0 Å². The lowest BCUT2D eigenvalue weighted by molar-refractivity contribution is -0.385. The number of aryl methyl sites for hydroxylation is 1. The number of hydrogen-bond acceptors (Lipinski definition) is 4. The summed E-state index contributed by atoms with van der Waals surface area (Å²) >= 11 is 1.71. The van der Waals surface area contributed by atoms with E-state index in [2.05, 4.69) is 0 Å². The van der Waals surface area contributed by atoms with Crippen LogP contribution >= 0.6 is 11.8 Å². The molecule has 0 aliphatic heterocycles. The highest BCUT2D eigenvalue weighted by molar-refractivity contribution is 7.99. The number of nitro groups is 1. The smallest absolute Gasteiger partial charge is 0.272 e. The quantitative estimate of drug-likeness (QED) is 0.452. The molecule has 16 heavy (non-hydrogen) atoms. The molecule has 88 valence electrons. The van der Waals surface area contributed by atoms with Gasteiger partial charge in [-0.3, -0.25) is 10.1 Å². The molecule has 4 nitrogen and oxygen atoms in total. The Balaban J connectivity index is 2.44. The minimum atomic E-state index is -0.340. The van der Waals surface area contributed by atoms with Gasteiger partial charge in [0.25, 0.3) is 5.69 Å². The average Bonchev–Trinajstić information content (AvgIpc) is 2.29. The van der Waals surface area contributed by atoms with Crippen molar-refractivity contribution in [3.8, 4) is 0 Å². The zero-order chi connectivity index (χ0) is 11.8. The molecule has 0 saturated carbocycles. The average molecular weight is 241 g/mol. The summed E-state index contributed by atoms with van der Waals surface area (Å²) in [6.45, 7) is 0.207. The Hall–Kier alpha value is -1.07. The molecule has 5 heteroatoms. The van der Waals surface area contributed by atoms with Crippen molar-refractivity contribution in [2.45, 2.75) is 12.8 Å². The third-order valence-electron chi connectivity index (χ3n) is 2.15.